The first kappa shape index (κ1) is 15.7. The van der Waals surface area contributed by atoms with Crippen molar-refractivity contribution in [1.29, 1.82) is 0 Å². The SMILES string of the molecule is Cc1ccc(N(CCC(=O)O)CCN2CCOCC2)nc1. The van der Waals surface area contributed by atoms with Crippen molar-refractivity contribution in [3.8, 4) is 0 Å². The maximum absolute atomic E-state index is 10.8. The molecule has 2 rings (SSSR count). The van der Waals surface area contributed by atoms with Crippen molar-refractivity contribution >= 4 is 11.8 Å². The van der Waals surface area contributed by atoms with Gasteiger partial charge in [-0.3, -0.25) is 9.69 Å². The van der Waals surface area contributed by atoms with Gasteiger partial charge < -0.3 is 14.7 Å². The van der Waals surface area contributed by atoms with E-state index in [0.29, 0.717) is 6.54 Å². The normalized spacial score (nSPS) is 15.9. The van der Waals surface area contributed by atoms with Gasteiger partial charge in [-0.05, 0) is 18.6 Å². The number of rotatable bonds is 7. The summed E-state index contributed by atoms with van der Waals surface area (Å²) in [6, 6.07) is 3.96. The average Bonchev–Trinajstić information content (AvgIpc) is 2.49. The summed E-state index contributed by atoms with van der Waals surface area (Å²) in [6.45, 7) is 7.59. The monoisotopic (exact) mass is 293 g/mol. The fourth-order valence-electron chi connectivity index (χ4n) is 2.31. The summed E-state index contributed by atoms with van der Waals surface area (Å²) >= 11 is 0. The zero-order valence-electron chi connectivity index (χ0n) is 12.5. The fourth-order valence-corrected chi connectivity index (χ4v) is 2.31. The molecule has 0 bridgehead atoms. The molecule has 1 fully saturated rings. The lowest BCUT2D eigenvalue weighted by Crippen LogP contribution is -2.42. The van der Waals surface area contributed by atoms with Crippen LogP contribution in [-0.2, 0) is 9.53 Å². The summed E-state index contributed by atoms with van der Waals surface area (Å²) in [4.78, 5) is 19.6. The molecular weight excluding hydrogens is 270 g/mol. The molecule has 0 atom stereocenters. The Hall–Kier alpha value is -1.66. The number of ether oxygens (including phenoxy) is 1. The van der Waals surface area contributed by atoms with Crippen molar-refractivity contribution in [1.82, 2.24) is 9.88 Å². The first-order valence-electron chi connectivity index (χ1n) is 7.34. The molecular formula is C15H23N3O3. The van der Waals surface area contributed by atoms with E-state index in [0.717, 1.165) is 50.8 Å². The van der Waals surface area contributed by atoms with E-state index < -0.39 is 5.97 Å². The Morgan fingerprint density at radius 2 is 2.14 bits per heavy atom. The molecule has 1 aliphatic rings. The van der Waals surface area contributed by atoms with Crippen LogP contribution in [0.2, 0.25) is 0 Å². The number of hydrogen-bond donors (Lipinski definition) is 1. The highest BCUT2D eigenvalue weighted by Gasteiger charge is 2.14. The Balaban J connectivity index is 1.93. The van der Waals surface area contributed by atoms with Gasteiger partial charge in [-0.15, -0.1) is 0 Å². The summed E-state index contributed by atoms with van der Waals surface area (Å²) in [5.74, 6) is 0.0635. The second kappa shape index (κ2) is 7.95. The van der Waals surface area contributed by atoms with E-state index in [1.54, 1.807) is 0 Å². The summed E-state index contributed by atoms with van der Waals surface area (Å²) in [7, 11) is 0. The zero-order valence-corrected chi connectivity index (χ0v) is 12.5. The Kier molecular flexibility index (Phi) is 5.95. The van der Waals surface area contributed by atoms with Gasteiger partial charge in [-0.2, -0.15) is 0 Å². The third kappa shape index (κ3) is 5.32. The number of morpholine rings is 1. The highest BCUT2D eigenvalue weighted by Crippen LogP contribution is 2.12. The van der Waals surface area contributed by atoms with Crippen LogP contribution < -0.4 is 4.90 Å². The van der Waals surface area contributed by atoms with Crippen molar-refractivity contribution in [2.24, 2.45) is 0 Å². The summed E-state index contributed by atoms with van der Waals surface area (Å²) < 4.78 is 5.34. The molecule has 6 nitrogen and oxygen atoms in total. The average molecular weight is 293 g/mol. The van der Waals surface area contributed by atoms with Gasteiger partial charge in [0.2, 0.25) is 0 Å². The number of aliphatic carboxylic acids is 1. The van der Waals surface area contributed by atoms with Crippen LogP contribution in [0.5, 0.6) is 0 Å². The highest BCUT2D eigenvalue weighted by atomic mass is 16.5. The smallest absolute Gasteiger partial charge is 0.305 e. The van der Waals surface area contributed by atoms with Crippen LogP contribution in [0.4, 0.5) is 5.82 Å². The van der Waals surface area contributed by atoms with Gasteiger partial charge in [-0.25, -0.2) is 4.98 Å². The Labute approximate surface area is 125 Å². The lowest BCUT2D eigenvalue weighted by Gasteiger charge is -2.30. The van der Waals surface area contributed by atoms with Crippen LogP contribution >= 0.6 is 0 Å². The van der Waals surface area contributed by atoms with Gasteiger partial charge in [0, 0.05) is 38.9 Å². The van der Waals surface area contributed by atoms with Crippen molar-refractivity contribution in [3.05, 3.63) is 23.9 Å². The molecule has 6 heteroatoms. The van der Waals surface area contributed by atoms with Crippen LogP contribution in [0.25, 0.3) is 0 Å². The number of carbonyl (C=O) groups is 1. The van der Waals surface area contributed by atoms with Gasteiger partial charge in [0.15, 0.2) is 0 Å². The van der Waals surface area contributed by atoms with Crippen molar-refractivity contribution in [2.45, 2.75) is 13.3 Å². The maximum Gasteiger partial charge on any atom is 0.305 e. The third-order valence-electron chi connectivity index (χ3n) is 3.61. The fraction of sp³-hybridized carbons (Fsp3) is 0.600. The van der Waals surface area contributed by atoms with Gasteiger partial charge in [0.1, 0.15) is 5.82 Å². The predicted octanol–water partition coefficient (Wildman–Crippen LogP) is 1.00. The molecule has 0 amide bonds. The van der Waals surface area contributed by atoms with E-state index in [4.69, 9.17) is 9.84 Å². The molecule has 0 aromatic carbocycles. The van der Waals surface area contributed by atoms with Crippen molar-refractivity contribution in [2.75, 3.05) is 50.8 Å². The molecule has 2 heterocycles. The summed E-state index contributed by atoms with van der Waals surface area (Å²) in [5, 5.41) is 8.90. The first-order valence-corrected chi connectivity index (χ1v) is 7.34. The molecule has 1 aromatic heterocycles. The van der Waals surface area contributed by atoms with E-state index >= 15 is 0 Å². The van der Waals surface area contributed by atoms with Gasteiger partial charge in [-0.1, -0.05) is 6.07 Å². The van der Waals surface area contributed by atoms with E-state index in [1.807, 2.05) is 30.2 Å². The quantitative estimate of drug-likeness (QED) is 0.809. The second-order valence-corrected chi connectivity index (χ2v) is 5.28. The topological polar surface area (TPSA) is 65.9 Å². The van der Waals surface area contributed by atoms with E-state index in [-0.39, 0.29) is 6.42 Å². The minimum absolute atomic E-state index is 0.124. The summed E-state index contributed by atoms with van der Waals surface area (Å²) in [5.41, 5.74) is 1.10. The minimum atomic E-state index is -0.779. The Morgan fingerprint density at radius 1 is 1.38 bits per heavy atom. The molecule has 1 aliphatic heterocycles. The van der Waals surface area contributed by atoms with Gasteiger partial charge >= 0.3 is 5.97 Å². The number of pyridine rings is 1. The predicted molar refractivity (Wildman–Crippen MR) is 80.7 cm³/mol. The third-order valence-corrected chi connectivity index (χ3v) is 3.61. The van der Waals surface area contributed by atoms with Gasteiger partial charge in [0.05, 0.1) is 19.6 Å². The largest absolute Gasteiger partial charge is 0.481 e. The lowest BCUT2D eigenvalue weighted by atomic mass is 10.3. The lowest BCUT2D eigenvalue weighted by molar-refractivity contribution is -0.136. The number of carboxylic acids is 1. The van der Waals surface area contributed by atoms with E-state index in [1.165, 1.54) is 0 Å². The van der Waals surface area contributed by atoms with Crippen LogP contribution in [0.1, 0.15) is 12.0 Å². The minimum Gasteiger partial charge on any atom is -0.481 e. The van der Waals surface area contributed by atoms with E-state index in [9.17, 15) is 4.79 Å². The van der Waals surface area contributed by atoms with Crippen molar-refractivity contribution < 1.29 is 14.6 Å². The van der Waals surface area contributed by atoms with Crippen LogP contribution in [0.3, 0.4) is 0 Å². The van der Waals surface area contributed by atoms with Gasteiger partial charge in [0.25, 0.3) is 0 Å². The summed E-state index contributed by atoms with van der Waals surface area (Å²) in [6.07, 6.45) is 1.94. The molecule has 1 N–H and O–H groups in total. The highest BCUT2D eigenvalue weighted by molar-refractivity contribution is 5.67. The number of aryl methyl sites for hydroxylation is 1. The molecule has 116 valence electrons. The molecule has 0 saturated carbocycles. The van der Waals surface area contributed by atoms with Crippen LogP contribution in [0.15, 0.2) is 18.3 Å². The molecule has 0 radical (unpaired) electrons. The molecule has 0 spiro atoms. The number of aromatic nitrogens is 1. The number of nitrogens with zero attached hydrogens (tertiary/aromatic N) is 3. The number of hydrogen-bond acceptors (Lipinski definition) is 5. The molecule has 0 aliphatic carbocycles. The molecule has 0 unspecified atom stereocenters. The molecule has 1 aromatic rings. The molecule has 1 saturated heterocycles. The van der Waals surface area contributed by atoms with Crippen LogP contribution in [0, 0.1) is 6.92 Å². The maximum atomic E-state index is 10.8. The second-order valence-electron chi connectivity index (χ2n) is 5.28. The van der Waals surface area contributed by atoms with Crippen molar-refractivity contribution in [3.63, 3.8) is 0 Å². The van der Waals surface area contributed by atoms with Crippen LogP contribution in [-0.4, -0.2) is 66.9 Å². The first-order chi connectivity index (χ1) is 10.1. The number of carboxylic acid groups (broad SMARTS) is 1. The van der Waals surface area contributed by atoms with E-state index in [2.05, 4.69) is 9.88 Å². The molecule has 21 heavy (non-hydrogen) atoms. The number of anilines is 1. The Morgan fingerprint density at radius 3 is 2.76 bits per heavy atom. The zero-order chi connectivity index (χ0) is 15.1. The standard InChI is InChI=1S/C15H23N3O3/c1-13-2-3-14(16-12-13)18(5-4-15(19)20)7-6-17-8-10-21-11-9-17/h2-3,12H,4-11H2,1H3,(H,19,20). The Bertz CT molecular complexity index is 444.